The van der Waals surface area contributed by atoms with Crippen LogP contribution in [0.25, 0.3) is 0 Å². The fourth-order valence-corrected chi connectivity index (χ4v) is 1.32. The number of hydrogen-bond acceptors (Lipinski definition) is 4. The van der Waals surface area contributed by atoms with E-state index in [0.29, 0.717) is 13.0 Å². The number of carbonyl (C=O) groups excluding carboxylic acids is 2. The predicted octanol–water partition coefficient (Wildman–Crippen LogP) is 1.46. The van der Waals surface area contributed by atoms with E-state index in [2.05, 4.69) is 5.32 Å². The van der Waals surface area contributed by atoms with Crippen molar-refractivity contribution in [1.29, 1.82) is 0 Å². The monoisotopic (exact) mass is 229 g/mol. The lowest BCUT2D eigenvalue weighted by Gasteiger charge is -2.19. The zero-order chi connectivity index (χ0) is 12.3. The van der Waals surface area contributed by atoms with Gasteiger partial charge in [0.05, 0.1) is 12.5 Å². The quantitative estimate of drug-likeness (QED) is 0.744. The van der Waals surface area contributed by atoms with Crippen molar-refractivity contribution in [3.63, 3.8) is 0 Å². The number of alkyl carbamates (subject to hydrolysis) is 1. The first-order chi connectivity index (χ1) is 7.33. The third-order valence-corrected chi connectivity index (χ3v) is 2.08. The fraction of sp³-hybridized carbons (Fsp3) is 0.818. The van der Waals surface area contributed by atoms with E-state index in [1.54, 1.807) is 27.7 Å². The third kappa shape index (κ3) is 4.08. The predicted molar refractivity (Wildman–Crippen MR) is 57.9 cm³/mol. The molecule has 0 unspecified atom stereocenters. The molecule has 1 rings (SSSR count). The Balaban J connectivity index is 2.26. The van der Waals surface area contributed by atoms with E-state index in [-0.39, 0.29) is 17.9 Å². The standard InChI is InChI=1S/C11H19NO4/c1-5-15-9(13)7-6-8(7)12-10(14)16-11(2,3)4/h7-8H,5-6H2,1-4H3,(H,12,14)/t7-,8+/m1/s1. The van der Waals surface area contributed by atoms with Crippen LogP contribution in [0.4, 0.5) is 4.79 Å². The van der Waals surface area contributed by atoms with Crippen LogP contribution in [0.2, 0.25) is 0 Å². The summed E-state index contributed by atoms with van der Waals surface area (Å²) in [6.45, 7) is 7.51. The number of rotatable bonds is 3. The Morgan fingerprint density at radius 2 is 2.00 bits per heavy atom. The van der Waals surface area contributed by atoms with Gasteiger partial charge in [0.1, 0.15) is 5.60 Å². The van der Waals surface area contributed by atoms with E-state index in [1.165, 1.54) is 0 Å². The summed E-state index contributed by atoms with van der Waals surface area (Å²) in [4.78, 5) is 22.6. The highest BCUT2D eigenvalue weighted by Crippen LogP contribution is 2.31. The van der Waals surface area contributed by atoms with Crippen LogP contribution in [0.5, 0.6) is 0 Å². The molecular weight excluding hydrogens is 210 g/mol. The highest BCUT2D eigenvalue weighted by Gasteiger charge is 2.45. The van der Waals surface area contributed by atoms with Crippen LogP contribution in [-0.2, 0) is 14.3 Å². The molecule has 1 aliphatic rings. The first kappa shape index (κ1) is 12.8. The van der Waals surface area contributed by atoms with Gasteiger partial charge in [0.25, 0.3) is 0 Å². The lowest BCUT2D eigenvalue weighted by molar-refractivity contribution is -0.144. The first-order valence-electron chi connectivity index (χ1n) is 5.49. The molecule has 1 N–H and O–H groups in total. The van der Waals surface area contributed by atoms with Gasteiger partial charge in [-0.05, 0) is 34.1 Å². The van der Waals surface area contributed by atoms with Crippen LogP contribution in [0.15, 0.2) is 0 Å². The topological polar surface area (TPSA) is 64.6 Å². The Hall–Kier alpha value is -1.26. The largest absolute Gasteiger partial charge is 0.466 e. The lowest BCUT2D eigenvalue weighted by atomic mass is 10.2. The van der Waals surface area contributed by atoms with Crippen molar-refractivity contribution in [1.82, 2.24) is 5.32 Å². The Kier molecular flexibility index (Phi) is 3.78. The highest BCUT2D eigenvalue weighted by molar-refractivity contribution is 5.78. The van der Waals surface area contributed by atoms with Crippen molar-refractivity contribution in [2.24, 2.45) is 5.92 Å². The molecule has 0 spiro atoms. The lowest BCUT2D eigenvalue weighted by Crippen LogP contribution is -2.35. The van der Waals surface area contributed by atoms with Gasteiger partial charge in [0.15, 0.2) is 0 Å². The van der Waals surface area contributed by atoms with E-state index in [0.717, 1.165) is 0 Å². The second-order valence-electron chi connectivity index (χ2n) is 4.85. The van der Waals surface area contributed by atoms with E-state index in [9.17, 15) is 9.59 Å². The molecule has 0 aliphatic heterocycles. The Morgan fingerprint density at radius 1 is 1.38 bits per heavy atom. The fourth-order valence-electron chi connectivity index (χ4n) is 1.32. The minimum atomic E-state index is -0.515. The molecule has 0 aromatic heterocycles. The van der Waals surface area contributed by atoms with Crippen molar-refractivity contribution >= 4 is 12.1 Å². The third-order valence-electron chi connectivity index (χ3n) is 2.08. The maximum Gasteiger partial charge on any atom is 0.407 e. The number of hydrogen-bond donors (Lipinski definition) is 1. The molecule has 2 atom stereocenters. The molecule has 0 heterocycles. The summed E-state index contributed by atoms with van der Waals surface area (Å²) in [5, 5.41) is 2.64. The van der Waals surface area contributed by atoms with Gasteiger partial charge in [-0.25, -0.2) is 4.79 Å². The zero-order valence-electron chi connectivity index (χ0n) is 10.2. The summed E-state index contributed by atoms with van der Waals surface area (Å²) >= 11 is 0. The number of nitrogens with one attached hydrogen (secondary N) is 1. The number of ether oxygens (including phenoxy) is 2. The normalized spacial score (nSPS) is 23.5. The molecule has 0 bridgehead atoms. The first-order valence-corrected chi connectivity index (χ1v) is 5.49. The second-order valence-corrected chi connectivity index (χ2v) is 4.85. The molecule has 92 valence electrons. The summed E-state index contributed by atoms with van der Waals surface area (Å²) < 4.78 is 9.92. The minimum absolute atomic E-state index is 0.131. The molecule has 1 fully saturated rings. The van der Waals surface area contributed by atoms with Crippen LogP contribution in [0, 0.1) is 5.92 Å². The number of esters is 1. The van der Waals surface area contributed by atoms with Gasteiger partial charge in [-0.15, -0.1) is 0 Å². The average molecular weight is 229 g/mol. The summed E-state index contributed by atoms with van der Waals surface area (Å²) in [5.74, 6) is -0.448. The maximum atomic E-state index is 11.3. The van der Waals surface area contributed by atoms with Gasteiger partial charge in [-0.3, -0.25) is 4.79 Å². The Morgan fingerprint density at radius 3 is 2.50 bits per heavy atom. The summed E-state index contributed by atoms with van der Waals surface area (Å²) in [6, 6.07) is -0.131. The molecule has 5 heteroatoms. The second kappa shape index (κ2) is 4.72. The van der Waals surface area contributed by atoms with Gasteiger partial charge in [-0.2, -0.15) is 0 Å². The van der Waals surface area contributed by atoms with E-state index in [1.807, 2.05) is 0 Å². The minimum Gasteiger partial charge on any atom is -0.466 e. The SMILES string of the molecule is CCOC(=O)[C@@H]1C[C@@H]1NC(=O)OC(C)(C)C. The van der Waals surface area contributed by atoms with Crippen molar-refractivity contribution < 1.29 is 19.1 Å². The molecule has 0 aromatic carbocycles. The van der Waals surface area contributed by atoms with Gasteiger partial charge < -0.3 is 14.8 Å². The smallest absolute Gasteiger partial charge is 0.407 e. The molecule has 16 heavy (non-hydrogen) atoms. The van der Waals surface area contributed by atoms with E-state index in [4.69, 9.17) is 9.47 Å². The zero-order valence-corrected chi connectivity index (χ0v) is 10.2. The Bertz CT molecular complexity index is 282. The average Bonchev–Trinajstić information content (AvgIpc) is 2.80. The van der Waals surface area contributed by atoms with Gasteiger partial charge in [-0.1, -0.05) is 0 Å². The molecule has 1 saturated carbocycles. The van der Waals surface area contributed by atoms with Gasteiger partial charge in [0, 0.05) is 6.04 Å². The van der Waals surface area contributed by atoms with Crippen LogP contribution in [-0.4, -0.2) is 30.3 Å². The molecule has 5 nitrogen and oxygen atoms in total. The van der Waals surface area contributed by atoms with Gasteiger partial charge in [0.2, 0.25) is 0 Å². The van der Waals surface area contributed by atoms with Crippen molar-refractivity contribution in [2.75, 3.05) is 6.61 Å². The van der Waals surface area contributed by atoms with Crippen molar-refractivity contribution in [2.45, 2.75) is 45.8 Å². The summed E-state index contributed by atoms with van der Waals surface area (Å²) in [5.41, 5.74) is -0.515. The molecular formula is C11H19NO4. The summed E-state index contributed by atoms with van der Waals surface area (Å²) in [7, 11) is 0. The maximum absolute atomic E-state index is 11.3. The molecule has 0 saturated heterocycles. The summed E-state index contributed by atoms with van der Waals surface area (Å²) in [6.07, 6.45) is 0.155. The molecule has 1 aliphatic carbocycles. The molecule has 0 aromatic rings. The number of carbonyl (C=O) groups is 2. The van der Waals surface area contributed by atoms with Crippen molar-refractivity contribution in [3.8, 4) is 0 Å². The van der Waals surface area contributed by atoms with Crippen LogP contribution >= 0.6 is 0 Å². The van der Waals surface area contributed by atoms with Crippen LogP contribution in [0.3, 0.4) is 0 Å². The van der Waals surface area contributed by atoms with Crippen LogP contribution < -0.4 is 5.32 Å². The highest BCUT2D eigenvalue weighted by atomic mass is 16.6. The van der Waals surface area contributed by atoms with Crippen molar-refractivity contribution in [3.05, 3.63) is 0 Å². The molecule has 1 amide bonds. The number of amides is 1. The van der Waals surface area contributed by atoms with Gasteiger partial charge >= 0.3 is 12.1 Å². The molecule has 0 radical (unpaired) electrons. The van der Waals surface area contributed by atoms with E-state index >= 15 is 0 Å². The Labute approximate surface area is 95.5 Å². The van der Waals surface area contributed by atoms with Crippen LogP contribution in [0.1, 0.15) is 34.1 Å². The van der Waals surface area contributed by atoms with E-state index < -0.39 is 11.7 Å².